The van der Waals surface area contributed by atoms with Crippen LogP contribution < -0.4 is 14.2 Å². The second-order valence-corrected chi connectivity index (χ2v) is 8.23. The molecule has 2 aromatic rings. The first-order chi connectivity index (χ1) is 13.6. The van der Waals surface area contributed by atoms with Crippen molar-refractivity contribution in [1.82, 2.24) is 9.29 Å². The molecule has 2 heterocycles. The quantitative estimate of drug-likeness (QED) is 0.699. The summed E-state index contributed by atoms with van der Waals surface area (Å²) in [5.41, 5.74) is -0.879. The number of benzene rings is 1. The van der Waals surface area contributed by atoms with Gasteiger partial charge in [-0.3, -0.25) is 0 Å². The first kappa shape index (κ1) is 21.2. The molecule has 158 valence electrons. The SMILES string of the molecule is COc1ccc(S(=O)(=O)N2CCC(Oc3cc(C(F)(F)F)ccn3)C2)cc1OC. The van der Waals surface area contributed by atoms with Crippen LogP contribution in [-0.4, -0.2) is 51.1 Å². The Hall–Kier alpha value is -2.53. The first-order valence-corrected chi connectivity index (χ1v) is 10.0. The molecule has 1 fully saturated rings. The van der Waals surface area contributed by atoms with Gasteiger partial charge in [0.2, 0.25) is 15.9 Å². The summed E-state index contributed by atoms with van der Waals surface area (Å²) in [7, 11) is -0.996. The van der Waals surface area contributed by atoms with Gasteiger partial charge < -0.3 is 14.2 Å². The Labute approximate surface area is 166 Å². The zero-order valence-corrected chi connectivity index (χ0v) is 16.5. The Bertz CT molecular complexity index is 982. The molecule has 1 unspecified atom stereocenters. The van der Waals surface area contributed by atoms with Crippen molar-refractivity contribution in [2.75, 3.05) is 27.3 Å². The van der Waals surface area contributed by atoms with Crippen molar-refractivity contribution in [2.24, 2.45) is 0 Å². The van der Waals surface area contributed by atoms with E-state index in [0.29, 0.717) is 12.2 Å². The van der Waals surface area contributed by atoms with Crippen LogP contribution in [0.3, 0.4) is 0 Å². The largest absolute Gasteiger partial charge is 0.493 e. The average Bonchev–Trinajstić information content (AvgIpc) is 3.16. The predicted molar refractivity (Wildman–Crippen MR) is 96.6 cm³/mol. The third-order valence-electron chi connectivity index (χ3n) is 4.45. The summed E-state index contributed by atoms with van der Waals surface area (Å²) in [4.78, 5) is 3.80. The van der Waals surface area contributed by atoms with Gasteiger partial charge >= 0.3 is 6.18 Å². The van der Waals surface area contributed by atoms with E-state index in [0.717, 1.165) is 18.3 Å². The topological polar surface area (TPSA) is 78.0 Å². The molecule has 29 heavy (non-hydrogen) atoms. The normalized spacial score (nSPS) is 17.9. The molecule has 1 saturated heterocycles. The summed E-state index contributed by atoms with van der Waals surface area (Å²) in [5.74, 6) is 0.466. The number of halogens is 3. The molecule has 1 aliphatic rings. The summed E-state index contributed by atoms with van der Waals surface area (Å²) >= 11 is 0. The molecule has 0 bridgehead atoms. The molecule has 0 aliphatic carbocycles. The molecule has 0 saturated carbocycles. The highest BCUT2D eigenvalue weighted by Gasteiger charge is 2.35. The Kier molecular flexibility index (Phi) is 5.90. The van der Waals surface area contributed by atoms with E-state index in [1.165, 1.54) is 36.7 Å². The molecule has 0 spiro atoms. The van der Waals surface area contributed by atoms with Crippen molar-refractivity contribution in [3.05, 3.63) is 42.1 Å². The smallest absolute Gasteiger partial charge is 0.416 e. The van der Waals surface area contributed by atoms with Crippen LogP contribution in [0.2, 0.25) is 0 Å². The fourth-order valence-corrected chi connectivity index (χ4v) is 4.46. The molecule has 1 atom stereocenters. The molecule has 1 aliphatic heterocycles. The maximum absolute atomic E-state index is 12.9. The fraction of sp³-hybridized carbons (Fsp3) is 0.389. The fourth-order valence-electron chi connectivity index (χ4n) is 2.96. The third-order valence-corrected chi connectivity index (χ3v) is 6.31. The molecule has 1 aromatic heterocycles. The molecule has 3 rings (SSSR count). The van der Waals surface area contributed by atoms with Gasteiger partial charge in [-0.2, -0.15) is 17.5 Å². The van der Waals surface area contributed by atoms with Gasteiger partial charge in [0, 0.05) is 24.9 Å². The summed E-state index contributed by atoms with van der Waals surface area (Å²) in [5, 5.41) is 0. The van der Waals surface area contributed by atoms with E-state index in [2.05, 4.69) is 4.98 Å². The van der Waals surface area contributed by atoms with Crippen molar-refractivity contribution in [3.8, 4) is 17.4 Å². The Balaban J connectivity index is 1.73. The van der Waals surface area contributed by atoms with Crippen molar-refractivity contribution in [3.63, 3.8) is 0 Å². The first-order valence-electron chi connectivity index (χ1n) is 8.57. The minimum Gasteiger partial charge on any atom is -0.493 e. The Morgan fingerprint density at radius 1 is 1.10 bits per heavy atom. The molecular weight excluding hydrogens is 413 g/mol. The van der Waals surface area contributed by atoms with Crippen LogP contribution in [-0.2, 0) is 16.2 Å². The predicted octanol–water partition coefficient (Wildman–Crippen LogP) is 2.96. The van der Waals surface area contributed by atoms with E-state index >= 15 is 0 Å². The number of hydrogen-bond donors (Lipinski definition) is 0. The molecule has 11 heteroatoms. The highest BCUT2D eigenvalue weighted by molar-refractivity contribution is 7.89. The second kappa shape index (κ2) is 8.07. The van der Waals surface area contributed by atoms with Crippen LogP contribution in [0.25, 0.3) is 0 Å². The highest BCUT2D eigenvalue weighted by atomic mass is 32.2. The van der Waals surface area contributed by atoms with E-state index in [9.17, 15) is 21.6 Å². The summed E-state index contributed by atoms with van der Waals surface area (Å²) in [6.07, 6.45) is -3.80. The monoisotopic (exact) mass is 432 g/mol. The van der Waals surface area contributed by atoms with Gasteiger partial charge in [0.25, 0.3) is 0 Å². The Morgan fingerprint density at radius 2 is 1.83 bits per heavy atom. The number of rotatable bonds is 6. The average molecular weight is 432 g/mol. The summed E-state index contributed by atoms with van der Waals surface area (Å²) in [6, 6.07) is 5.89. The lowest BCUT2D eigenvalue weighted by molar-refractivity contribution is -0.137. The number of aromatic nitrogens is 1. The zero-order chi connectivity index (χ0) is 21.2. The molecule has 0 N–H and O–H groups in total. The summed E-state index contributed by atoms with van der Waals surface area (Å²) in [6.45, 7) is 0.162. The number of alkyl halides is 3. The van der Waals surface area contributed by atoms with E-state index in [4.69, 9.17) is 14.2 Å². The van der Waals surface area contributed by atoms with Gasteiger partial charge in [0.15, 0.2) is 11.5 Å². The molecule has 7 nitrogen and oxygen atoms in total. The van der Waals surface area contributed by atoms with Gasteiger partial charge in [-0.25, -0.2) is 13.4 Å². The van der Waals surface area contributed by atoms with Gasteiger partial charge in [-0.05, 0) is 24.6 Å². The molecule has 0 radical (unpaired) electrons. The summed E-state index contributed by atoms with van der Waals surface area (Å²) < 4.78 is 81.2. The lowest BCUT2D eigenvalue weighted by Crippen LogP contribution is -2.31. The van der Waals surface area contributed by atoms with E-state index in [1.54, 1.807) is 0 Å². The second-order valence-electron chi connectivity index (χ2n) is 6.29. The van der Waals surface area contributed by atoms with Crippen LogP contribution in [0.5, 0.6) is 17.4 Å². The lowest BCUT2D eigenvalue weighted by Gasteiger charge is -2.18. The number of pyridine rings is 1. The zero-order valence-electron chi connectivity index (χ0n) is 15.6. The van der Waals surface area contributed by atoms with Gasteiger partial charge in [0.1, 0.15) is 6.10 Å². The minimum atomic E-state index is -4.51. The van der Waals surface area contributed by atoms with Crippen LogP contribution in [0.1, 0.15) is 12.0 Å². The van der Waals surface area contributed by atoms with Crippen molar-refractivity contribution in [1.29, 1.82) is 0 Å². The molecular formula is C18H19F3N2O5S. The van der Waals surface area contributed by atoms with E-state index in [1.807, 2.05) is 0 Å². The number of hydrogen-bond acceptors (Lipinski definition) is 6. The minimum absolute atomic E-state index is 0.00535. The maximum Gasteiger partial charge on any atom is 0.416 e. The van der Waals surface area contributed by atoms with Gasteiger partial charge in [-0.1, -0.05) is 0 Å². The molecule has 1 aromatic carbocycles. The number of methoxy groups -OCH3 is 2. The van der Waals surface area contributed by atoms with Gasteiger partial charge in [-0.15, -0.1) is 0 Å². The van der Waals surface area contributed by atoms with E-state index < -0.39 is 27.9 Å². The number of sulfonamides is 1. The highest BCUT2D eigenvalue weighted by Crippen LogP contribution is 2.33. The standard InChI is InChI=1S/C18H19F3N2O5S/c1-26-15-4-3-14(10-16(15)27-2)29(24,25)23-8-6-13(11-23)28-17-9-12(5-7-22-17)18(19,20)21/h3-5,7,9-10,13H,6,8,11H2,1-2H3. The van der Waals surface area contributed by atoms with E-state index in [-0.39, 0.29) is 29.6 Å². The third kappa shape index (κ3) is 4.56. The number of nitrogens with zero attached hydrogens (tertiary/aromatic N) is 2. The Morgan fingerprint density at radius 3 is 2.48 bits per heavy atom. The number of ether oxygens (including phenoxy) is 3. The van der Waals surface area contributed by atoms with Crippen LogP contribution in [0.4, 0.5) is 13.2 Å². The maximum atomic E-state index is 12.9. The van der Waals surface area contributed by atoms with Crippen molar-refractivity contribution in [2.45, 2.75) is 23.6 Å². The van der Waals surface area contributed by atoms with Gasteiger partial charge in [0.05, 0.1) is 31.2 Å². The van der Waals surface area contributed by atoms with Crippen LogP contribution >= 0.6 is 0 Å². The van der Waals surface area contributed by atoms with Crippen LogP contribution in [0.15, 0.2) is 41.4 Å². The lowest BCUT2D eigenvalue weighted by atomic mass is 10.2. The van der Waals surface area contributed by atoms with Crippen LogP contribution in [0, 0.1) is 0 Å². The molecule has 0 amide bonds. The van der Waals surface area contributed by atoms with Crippen molar-refractivity contribution < 1.29 is 35.8 Å². The van der Waals surface area contributed by atoms with Crippen molar-refractivity contribution >= 4 is 10.0 Å².